The van der Waals surface area contributed by atoms with Gasteiger partial charge in [-0.05, 0) is 6.92 Å². The molecular formula is C6H12FNO3. The Balaban J connectivity index is 3.80. The van der Waals surface area contributed by atoms with Gasteiger partial charge < -0.3 is 15.6 Å². The molecule has 0 aromatic rings. The first-order chi connectivity index (χ1) is 5.13. The normalized spacial score (nSPS) is 15.6. The predicted molar refractivity (Wildman–Crippen MR) is 36.6 cm³/mol. The molecule has 0 rings (SSSR count). The maximum atomic E-state index is 11.7. The molecule has 11 heavy (non-hydrogen) atoms. The highest BCUT2D eigenvalue weighted by Crippen LogP contribution is 1.94. The van der Waals surface area contributed by atoms with Crippen molar-refractivity contribution >= 4 is 5.97 Å². The van der Waals surface area contributed by atoms with Gasteiger partial charge >= 0.3 is 5.97 Å². The van der Waals surface area contributed by atoms with Crippen LogP contribution in [0.1, 0.15) is 6.92 Å². The van der Waals surface area contributed by atoms with E-state index in [0.717, 1.165) is 0 Å². The Bertz CT molecular complexity index is 131. The smallest absolute Gasteiger partial charge is 0.325 e. The van der Waals surface area contributed by atoms with Gasteiger partial charge in [0.15, 0.2) is 0 Å². The third-order valence-corrected chi connectivity index (χ3v) is 1.13. The van der Waals surface area contributed by atoms with E-state index in [0.29, 0.717) is 0 Å². The maximum Gasteiger partial charge on any atom is 0.325 e. The van der Waals surface area contributed by atoms with Crippen LogP contribution in [0.25, 0.3) is 0 Å². The van der Waals surface area contributed by atoms with Crippen molar-refractivity contribution in [2.75, 3.05) is 13.3 Å². The summed E-state index contributed by atoms with van der Waals surface area (Å²) in [6, 6.07) is -1.28. The Labute approximate surface area is 64.1 Å². The zero-order valence-corrected chi connectivity index (χ0v) is 6.29. The number of rotatable bonds is 4. The number of halogens is 1. The summed E-state index contributed by atoms with van der Waals surface area (Å²) in [6.45, 7) is 0.734. The molecule has 0 fully saturated rings. The average molecular weight is 165 g/mol. The van der Waals surface area contributed by atoms with Crippen molar-refractivity contribution in [1.82, 2.24) is 0 Å². The second-order valence-electron chi connectivity index (χ2n) is 2.00. The molecule has 0 radical (unpaired) electrons. The third kappa shape index (κ3) is 3.29. The monoisotopic (exact) mass is 165 g/mol. The molecule has 0 aliphatic rings. The van der Waals surface area contributed by atoms with Crippen molar-refractivity contribution in [3.63, 3.8) is 0 Å². The van der Waals surface area contributed by atoms with Gasteiger partial charge in [-0.1, -0.05) is 0 Å². The number of esters is 1. The van der Waals surface area contributed by atoms with Crippen LogP contribution in [0.3, 0.4) is 0 Å². The highest BCUT2D eigenvalue weighted by molar-refractivity contribution is 5.76. The van der Waals surface area contributed by atoms with Crippen LogP contribution in [0, 0.1) is 0 Å². The molecule has 0 heterocycles. The van der Waals surface area contributed by atoms with E-state index in [2.05, 4.69) is 4.74 Å². The van der Waals surface area contributed by atoms with Crippen LogP contribution < -0.4 is 5.73 Å². The fourth-order valence-corrected chi connectivity index (χ4v) is 0.492. The number of carbonyl (C=O) groups is 1. The number of hydrogen-bond acceptors (Lipinski definition) is 4. The number of hydrogen-bond donors (Lipinski definition) is 2. The van der Waals surface area contributed by atoms with E-state index in [4.69, 9.17) is 10.8 Å². The second-order valence-corrected chi connectivity index (χ2v) is 2.00. The Morgan fingerprint density at radius 2 is 2.36 bits per heavy atom. The minimum absolute atomic E-state index is 0.172. The largest absolute Gasteiger partial charge is 0.465 e. The third-order valence-electron chi connectivity index (χ3n) is 1.13. The number of carbonyl (C=O) groups excluding carboxylic acids is 1. The van der Waals surface area contributed by atoms with Crippen LogP contribution in [0.2, 0.25) is 0 Å². The van der Waals surface area contributed by atoms with Crippen molar-refractivity contribution in [3.8, 4) is 0 Å². The molecule has 0 bridgehead atoms. The van der Waals surface area contributed by atoms with Crippen molar-refractivity contribution in [2.24, 2.45) is 5.73 Å². The molecule has 0 aliphatic heterocycles. The number of aliphatic hydroxyl groups is 1. The van der Waals surface area contributed by atoms with Gasteiger partial charge in [-0.3, -0.25) is 4.79 Å². The van der Waals surface area contributed by atoms with Gasteiger partial charge in [0.05, 0.1) is 6.61 Å². The van der Waals surface area contributed by atoms with E-state index in [9.17, 15) is 9.18 Å². The quantitative estimate of drug-likeness (QED) is 0.535. The van der Waals surface area contributed by atoms with Crippen LogP contribution in [0.5, 0.6) is 0 Å². The molecule has 0 aromatic heterocycles. The Morgan fingerprint density at radius 1 is 1.82 bits per heavy atom. The fraction of sp³-hybridized carbons (Fsp3) is 0.833. The molecule has 0 aromatic carbocycles. The average Bonchev–Trinajstić information content (AvgIpc) is 2.02. The molecule has 0 saturated carbocycles. The second kappa shape index (κ2) is 5.03. The van der Waals surface area contributed by atoms with Crippen LogP contribution in [-0.2, 0) is 9.53 Å². The van der Waals surface area contributed by atoms with Gasteiger partial charge in [0.2, 0.25) is 0 Å². The molecule has 0 spiro atoms. The number of aliphatic hydroxyl groups excluding tert-OH is 1. The lowest BCUT2D eigenvalue weighted by Gasteiger charge is -2.13. The Hall–Kier alpha value is -0.680. The molecule has 0 saturated heterocycles. The zero-order valence-electron chi connectivity index (χ0n) is 6.29. The Kier molecular flexibility index (Phi) is 4.72. The topological polar surface area (TPSA) is 72.5 Å². The van der Waals surface area contributed by atoms with Crippen molar-refractivity contribution in [3.05, 3.63) is 0 Å². The molecular weight excluding hydrogens is 153 g/mol. The lowest BCUT2D eigenvalue weighted by atomic mass is 10.2. The molecule has 0 aliphatic carbocycles. The fourth-order valence-electron chi connectivity index (χ4n) is 0.492. The molecule has 0 amide bonds. The maximum absolute atomic E-state index is 11.7. The summed E-state index contributed by atoms with van der Waals surface area (Å²) in [7, 11) is 0. The van der Waals surface area contributed by atoms with Crippen molar-refractivity contribution in [1.29, 1.82) is 0 Å². The van der Waals surface area contributed by atoms with Gasteiger partial charge in [0, 0.05) is 0 Å². The van der Waals surface area contributed by atoms with Gasteiger partial charge in [-0.2, -0.15) is 0 Å². The highest BCUT2D eigenvalue weighted by atomic mass is 19.1. The first kappa shape index (κ1) is 10.3. The molecule has 5 heteroatoms. The summed E-state index contributed by atoms with van der Waals surface area (Å²) in [5.74, 6) is -0.780. The minimum Gasteiger partial charge on any atom is -0.465 e. The van der Waals surface area contributed by atoms with Crippen LogP contribution in [0.4, 0.5) is 4.39 Å². The SMILES string of the molecule is CCOC(=O)[C@H](N)[C@H](O)CF. The molecule has 4 nitrogen and oxygen atoms in total. The van der Waals surface area contributed by atoms with Crippen molar-refractivity contribution < 1.29 is 19.0 Å². The van der Waals surface area contributed by atoms with Crippen LogP contribution >= 0.6 is 0 Å². The van der Waals surface area contributed by atoms with Gasteiger partial charge in [-0.15, -0.1) is 0 Å². The van der Waals surface area contributed by atoms with Gasteiger partial charge in [0.25, 0.3) is 0 Å². The highest BCUT2D eigenvalue weighted by Gasteiger charge is 2.23. The first-order valence-corrected chi connectivity index (χ1v) is 3.29. The lowest BCUT2D eigenvalue weighted by Crippen LogP contribution is -2.44. The number of alkyl halides is 1. The lowest BCUT2D eigenvalue weighted by molar-refractivity contribution is -0.147. The van der Waals surface area contributed by atoms with E-state index < -0.39 is 24.8 Å². The Morgan fingerprint density at radius 3 is 2.73 bits per heavy atom. The van der Waals surface area contributed by atoms with Crippen LogP contribution in [-0.4, -0.2) is 36.5 Å². The number of ether oxygens (including phenoxy) is 1. The van der Waals surface area contributed by atoms with E-state index in [-0.39, 0.29) is 6.61 Å². The summed E-state index contributed by atoms with van der Waals surface area (Å²) < 4.78 is 16.1. The summed E-state index contributed by atoms with van der Waals surface area (Å²) >= 11 is 0. The van der Waals surface area contributed by atoms with E-state index in [1.807, 2.05) is 0 Å². The van der Waals surface area contributed by atoms with E-state index in [1.54, 1.807) is 6.92 Å². The molecule has 0 unspecified atom stereocenters. The zero-order chi connectivity index (χ0) is 8.85. The first-order valence-electron chi connectivity index (χ1n) is 3.29. The van der Waals surface area contributed by atoms with E-state index >= 15 is 0 Å². The number of nitrogens with two attached hydrogens (primary N) is 1. The molecule has 3 N–H and O–H groups in total. The van der Waals surface area contributed by atoms with Gasteiger partial charge in [-0.25, -0.2) is 4.39 Å². The van der Waals surface area contributed by atoms with E-state index in [1.165, 1.54) is 0 Å². The summed E-state index contributed by atoms with van der Waals surface area (Å²) in [6.07, 6.45) is -1.46. The summed E-state index contributed by atoms with van der Waals surface area (Å²) in [4.78, 5) is 10.7. The molecule has 2 atom stereocenters. The summed E-state index contributed by atoms with van der Waals surface area (Å²) in [5.41, 5.74) is 5.09. The minimum atomic E-state index is -1.46. The van der Waals surface area contributed by atoms with Gasteiger partial charge in [0.1, 0.15) is 18.8 Å². The van der Waals surface area contributed by atoms with Crippen LogP contribution in [0.15, 0.2) is 0 Å². The standard InChI is InChI=1S/C6H12FNO3/c1-2-11-6(10)5(8)4(9)3-7/h4-5,9H,2-3,8H2,1H3/t4-,5-/m1/s1. The van der Waals surface area contributed by atoms with Crippen molar-refractivity contribution in [2.45, 2.75) is 19.1 Å². The predicted octanol–water partition coefficient (Wildman–Crippen LogP) is -0.793. The summed E-state index contributed by atoms with van der Waals surface area (Å²) in [5, 5.41) is 8.72. The molecule has 66 valence electrons.